The number of rotatable bonds is 8. The highest BCUT2D eigenvalue weighted by atomic mass is 28.3. The fourth-order valence-corrected chi connectivity index (χ4v) is 4.93. The molecule has 0 aromatic heterocycles. The molecule has 0 rings (SSSR count). The Morgan fingerprint density at radius 1 is 1.12 bits per heavy atom. The van der Waals surface area contributed by atoms with E-state index in [1.54, 1.807) is 0 Å². The van der Waals surface area contributed by atoms with Crippen LogP contribution in [0.2, 0.25) is 24.2 Å². The van der Waals surface area contributed by atoms with Gasteiger partial charge in [0.15, 0.2) is 0 Å². The molecule has 0 unspecified atom stereocenters. The zero-order valence-electron chi connectivity index (χ0n) is 10.9. The van der Waals surface area contributed by atoms with Crippen LogP contribution in [0.1, 0.15) is 20.8 Å². The number of ether oxygens (including phenoxy) is 1. The highest BCUT2D eigenvalue weighted by Crippen LogP contribution is 2.24. The molecule has 0 saturated heterocycles. The molecule has 1 N–H and O–H groups in total. The molecule has 0 saturated carbocycles. The number of esters is 1. The van der Waals surface area contributed by atoms with Crippen LogP contribution in [0.5, 0.6) is 0 Å². The summed E-state index contributed by atoms with van der Waals surface area (Å²) in [6.45, 7) is 7.01. The predicted octanol–water partition coefficient (Wildman–Crippen LogP) is 2.68. The monoisotopic (exact) mass is 258 g/mol. The largest absolute Gasteiger partial charge is 0.478 e. The lowest BCUT2D eigenvalue weighted by Gasteiger charge is -2.27. The summed E-state index contributed by atoms with van der Waals surface area (Å²) in [6, 6.07) is 4.55. The lowest BCUT2D eigenvalue weighted by molar-refractivity contribution is -0.138. The van der Waals surface area contributed by atoms with E-state index >= 15 is 0 Å². The summed E-state index contributed by atoms with van der Waals surface area (Å²) < 4.78 is 5.00. The summed E-state index contributed by atoms with van der Waals surface area (Å²) >= 11 is 0. The van der Waals surface area contributed by atoms with E-state index in [4.69, 9.17) is 9.84 Å². The Kier molecular flexibility index (Phi) is 7.53. The molecule has 0 fully saturated rings. The van der Waals surface area contributed by atoms with Gasteiger partial charge in [-0.1, -0.05) is 38.9 Å². The summed E-state index contributed by atoms with van der Waals surface area (Å²) in [4.78, 5) is 21.3. The Hall–Kier alpha value is -1.10. The van der Waals surface area contributed by atoms with E-state index in [-0.39, 0.29) is 0 Å². The van der Waals surface area contributed by atoms with E-state index in [2.05, 4.69) is 20.8 Å². The highest BCUT2D eigenvalue weighted by Gasteiger charge is 2.26. The van der Waals surface area contributed by atoms with Crippen molar-refractivity contribution < 1.29 is 19.4 Å². The molecule has 0 atom stereocenters. The van der Waals surface area contributed by atoms with Gasteiger partial charge in [-0.3, -0.25) is 0 Å². The maximum absolute atomic E-state index is 11.1. The molecule has 0 spiro atoms. The average molecular weight is 258 g/mol. The van der Waals surface area contributed by atoms with E-state index in [0.29, 0.717) is 6.61 Å². The number of carboxylic acids is 1. The summed E-state index contributed by atoms with van der Waals surface area (Å²) in [5.74, 6) is -1.71. The second-order valence-corrected chi connectivity index (χ2v) is 9.77. The summed E-state index contributed by atoms with van der Waals surface area (Å²) in [5.41, 5.74) is 0. The van der Waals surface area contributed by atoms with Gasteiger partial charge in [0.1, 0.15) is 0 Å². The van der Waals surface area contributed by atoms with E-state index in [1.807, 2.05) is 0 Å². The third kappa shape index (κ3) is 6.26. The van der Waals surface area contributed by atoms with Gasteiger partial charge < -0.3 is 9.84 Å². The first-order chi connectivity index (χ1) is 7.99. The topological polar surface area (TPSA) is 63.6 Å². The molecule has 0 radical (unpaired) electrons. The highest BCUT2D eigenvalue weighted by molar-refractivity contribution is 6.79. The van der Waals surface area contributed by atoms with Crippen LogP contribution in [-0.4, -0.2) is 31.7 Å². The Morgan fingerprint density at radius 2 is 1.65 bits per heavy atom. The molecule has 98 valence electrons. The van der Waals surface area contributed by atoms with Gasteiger partial charge in [-0.15, -0.1) is 0 Å². The van der Waals surface area contributed by atoms with Gasteiger partial charge in [-0.2, -0.15) is 0 Å². The molecule has 0 aliphatic heterocycles. The summed E-state index contributed by atoms with van der Waals surface area (Å²) in [5, 5.41) is 8.34. The average Bonchev–Trinajstić information content (AvgIpc) is 2.33. The first kappa shape index (κ1) is 15.9. The van der Waals surface area contributed by atoms with E-state index in [0.717, 1.165) is 18.2 Å². The molecular weight excluding hydrogens is 236 g/mol. The molecule has 0 amide bonds. The minimum absolute atomic E-state index is 0.407. The first-order valence-corrected chi connectivity index (χ1v) is 8.90. The minimum Gasteiger partial charge on any atom is -0.478 e. The second-order valence-electron chi connectivity index (χ2n) is 4.15. The fourth-order valence-electron chi connectivity index (χ4n) is 1.84. The second kappa shape index (κ2) is 8.06. The summed E-state index contributed by atoms with van der Waals surface area (Å²) in [6.07, 6.45) is 1.75. The zero-order chi connectivity index (χ0) is 13.3. The maximum Gasteiger partial charge on any atom is 0.330 e. The number of hydrogen-bond acceptors (Lipinski definition) is 3. The molecule has 0 bridgehead atoms. The summed E-state index contributed by atoms with van der Waals surface area (Å²) in [7, 11) is -1.25. The molecule has 0 aromatic rings. The number of carboxylic acid groups (broad SMARTS) is 1. The normalized spacial score (nSPS) is 11.7. The number of aliphatic carboxylic acids is 1. The van der Waals surface area contributed by atoms with Crippen molar-refractivity contribution in [1.82, 2.24) is 0 Å². The van der Waals surface area contributed by atoms with Gasteiger partial charge in [0.2, 0.25) is 0 Å². The van der Waals surface area contributed by atoms with Crippen LogP contribution in [0.4, 0.5) is 0 Å². The minimum atomic E-state index is -1.25. The fraction of sp³-hybridized carbons (Fsp3) is 0.667. The molecule has 0 aliphatic carbocycles. The standard InChI is InChI=1S/C12H22O4Si/c1-4-17(5-2,6-3)10-9-16-12(15)8-7-11(13)14/h7-8H,4-6,9-10H2,1-3H3,(H,13,14)/b8-7+. The van der Waals surface area contributed by atoms with Crippen molar-refractivity contribution in [2.45, 2.75) is 44.9 Å². The Bertz CT molecular complexity index is 274. The Morgan fingerprint density at radius 3 is 2.06 bits per heavy atom. The molecular formula is C12H22O4Si. The van der Waals surface area contributed by atoms with Crippen LogP contribution in [0.15, 0.2) is 12.2 Å². The van der Waals surface area contributed by atoms with Crippen molar-refractivity contribution in [2.75, 3.05) is 6.61 Å². The van der Waals surface area contributed by atoms with Crippen LogP contribution in [0.3, 0.4) is 0 Å². The molecule has 0 aliphatic rings. The molecule has 0 aromatic carbocycles. The third-order valence-electron chi connectivity index (χ3n) is 3.49. The molecule has 0 heterocycles. The van der Waals surface area contributed by atoms with Gasteiger partial charge in [-0.25, -0.2) is 9.59 Å². The Labute approximate surface area is 104 Å². The van der Waals surface area contributed by atoms with Gasteiger partial charge in [0.05, 0.1) is 14.7 Å². The van der Waals surface area contributed by atoms with Crippen molar-refractivity contribution in [3.8, 4) is 0 Å². The number of hydrogen-bond donors (Lipinski definition) is 1. The van der Waals surface area contributed by atoms with Crippen molar-refractivity contribution >= 4 is 20.0 Å². The van der Waals surface area contributed by atoms with Gasteiger partial charge >= 0.3 is 11.9 Å². The van der Waals surface area contributed by atoms with Crippen LogP contribution >= 0.6 is 0 Å². The van der Waals surface area contributed by atoms with Crippen molar-refractivity contribution in [3.05, 3.63) is 12.2 Å². The lowest BCUT2D eigenvalue weighted by atomic mass is 10.5. The van der Waals surface area contributed by atoms with E-state index in [9.17, 15) is 9.59 Å². The SMILES string of the molecule is CC[Si](CC)(CC)CCOC(=O)/C=C/C(=O)O. The molecule has 5 heteroatoms. The van der Waals surface area contributed by atoms with Crippen molar-refractivity contribution in [2.24, 2.45) is 0 Å². The third-order valence-corrected chi connectivity index (χ3v) is 9.25. The van der Waals surface area contributed by atoms with E-state index < -0.39 is 20.0 Å². The van der Waals surface area contributed by atoms with Gasteiger partial charge in [0, 0.05) is 12.2 Å². The van der Waals surface area contributed by atoms with E-state index in [1.165, 1.54) is 18.1 Å². The molecule has 4 nitrogen and oxygen atoms in total. The first-order valence-electron chi connectivity index (χ1n) is 6.07. The molecule has 17 heavy (non-hydrogen) atoms. The van der Waals surface area contributed by atoms with Gasteiger partial charge in [0.25, 0.3) is 0 Å². The number of carbonyl (C=O) groups is 2. The van der Waals surface area contributed by atoms with Crippen LogP contribution in [0.25, 0.3) is 0 Å². The predicted molar refractivity (Wildman–Crippen MR) is 69.7 cm³/mol. The van der Waals surface area contributed by atoms with Crippen LogP contribution in [-0.2, 0) is 14.3 Å². The van der Waals surface area contributed by atoms with Gasteiger partial charge in [-0.05, 0) is 6.04 Å². The zero-order valence-corrected chi connectivity index (χ0v) is 11.9. The smallest absolute Gasteiger partial charge is 0.330 e. The van der Waals surface area contributed by atoms with Crippen LogP contribution in [0, 0.1) is 0 Å². The quantitative estimate of drug-likeness (QED) is 0.413. The van der Waals surface area contributed by atoms with Crippen molar-refractivity contribution in [1.29, 1.82) is 0 Å². The Balaban J connectivity index is 4.05. The maximum atomic E-state index is 11.1. The number of carbonyl (C=O) groups excluding carboxylic acids is 1. The van der Waals surface area contributed by atoms with Crippen molar-refractivity contribution in [3.63, 3.8) is 0 Å². The lowest BCUT2D eigenvalue weighted by Crippen LogP contribution is -2.32. The van der Waals surface area contributed by atoms with Crippen LogP contribution < -0.4 is 0 Å².